The lowest BCUT2D eigenvalue weighted by Gasteiger charge is -2.17. The number of anilines is 1. The molecule has 0 aliphatic carbocycles. The third-order valence-corrected chi connectivity index (χ3v) is 3.55. The Morgan fingerprint density at radius 2 is 1.90 bits per heavy atom. The second kappa shape index (κ2) is 8.99. The summed E-state index contributed by atoms with van der Waals surface area (Å²) in [5.41, 5.74) is 0.786. The molecule has 3 N–H and O–H groups in total. The zero-order valence-electron chi connectivity index (χ0n) is 12.7. The predicted molar refractivity (Wildman–Crippen MR) is 92.3 cm³/mol. The van der Waals surface area contributed by atoms with Crippen molar-refractivity contribution >= 4 is 40.1 Å². The van der Waals surface area contributed by atoms with Crippen LogP contribution in [0.25, 0.3) is 0 Å². The molecule has 0 aliphatic heterocycles. The molecule has 0 heterocycles. The van der Waals surface area contributed by atoms with Crippen molar-refractivity contribution < 1.29 is 14.5 Å². The lowest BCUT2D eigenvalue weighted by Crippen LogP contribution is -3.14. The van der Waals surface area contributed by atoms with Crippen molar-refractivity contribution in [3.05, 3.63) is 27.8 Å². The Labute approximate surface area is 139 Å². The number of carbonyl (C=O) groups is 2. The first-order valence-electron chi connectivity index (χ1n) is 7.09. The molecule has 116 valence electrons. The van der Waals surface area contributed by atoms with Crippen LogP contribution in [-0.2, 0) is 9.59 Å². The molecule has 0 aliphatic rings. The summed E-state index contributed by atoms with van der Waals surface area (Å²) in [5.74, 6) is -0.102. The lowest BCUT2D eigenvalue weighted by molar-refractivity contribution is -0.881. The van der Waals surface area contributed by atoms with E-state index in [0.717, 1.165) is 20.7 Å². The summed E-state index contributed by atoms with van der Waals surface area (Å²) >= 11 is 2.20. The van der Waals surface area contributed by atoms with Gasteiger partial charge in [0.2, 0.25) is 0 Å². The molecule has 0 radical (unpaired) electrons. The molecule has 1 aromatic rings. The van der Waals surface area contributed by atoms with Crippen LogP contribution < -0.4 is 15.5 Å². The van der Waals surface area contributed by atoms with Crippen molar-refractivity contribution in [3.63, 3.8) is 0 Å². The highest BCUT2D eigenvalue weighted by atomic mass is 127. The highest BCUT2D eigenvalue weighted by molar-refractivity contribution is 14.1. The minimum Gasteiger partial charge on any atom is -0.349 e. The lowest BCUT2D eigenvalue weighted by atomic mass is 10.3. The molecule has 1 atom stereocenters. The topological polar surface area (TPSA) is 62.6 Å². The number of benzene rings is 1. The molecule has 0 spiro atoms. The quantitative estimate of drug-likeness (QED) is 0.585. The van der Waals surface area contributed by atoms with Gasteiger partial charge in [-0.25, -0.2) is 0 Å². The summed E-state index contributed by atoms with van der Waals surface area (Å²) in [6, 6.07) is 7.76. The maximum absolute atomic E-state index is 12.0. The fourth-order valence-corrected chi connectivity index (χ4v) is 2.45. The fourth-order valence-electron chi connectivity index (χ4n) is 1.91. The molecule has 21 heavy (non-hydrogen) atoms. The van der Waals surface area contributed by atoms with Crippen LogP contribution in [0.1, 0.15) is 20.8 Å². The van der Waals surface area contributed by atoms with Gasteiger partial charge in [-0.15, -0.1) is 0 Å². The third-order valence-electron chi connectivity index (χ3n) is 2.88. The molecule has 2 amide bonds. The summed E-state index contributed by atoms with van der Waals surface area (Å²) in [6.07, 6.45) is 0. The fraction of sp³-hybridized carbons (Fsp3) is 0.467. The van der Waals surface area contributed by atoms with E-state index < -0.39 is 0 Å². The van der Waals surface area contributed by atoms with Crippen LogP contribution in [-0.4, -0.2) is 37.5 Å². The van der Waals surface area contributed by atoms with Gasteiger partial charge in [-0.05, 0) is 61.6 Å². The normalized spacial score (nSPS) is 12.0. The van der Waals surface area contributed by atoms with E-state index in [1.165, 1.54) is 0 Å². The van der Waals surface area contributed by atoms with Gasteiger partial charge in [0.25, 0.3) is 11.8 Å². The van der Waals surface area contributed by atoms with E-state index >= 15 is 0 Å². The van der Waals surface area contributed by atoms with Crippen LogP contribution in [0, 0.1) is 3.57 Å². The summed E-state index contributed by atoms with van der Waals surface area (Å²) < 4.78 is 1.07. The van der Waals surface area contributed by atoms with Crippen molar-refractivity contribution in [2.24, 2.45) is 0 Å². The van der Waals surface area contributed by atoms with Crippen molar-refractivity contribution in [2.75, 3.05) is 25.0 Å². The molecule has 0 fully saturated rings. The van der Waals surface area contributed by atoms with Gasteiger partial charge in [0.05, 0.1) is 6.54 Å². The van der Waals surface area contributed by atoms with E-state index in [1.807, 2.05) is 45.0 Å². The van der Waals surface area contributed by atoms with Crippen LogP contribution in [0.4, 0.5) is 5.69 Å². The maximum Gasteiger partial charge on any atom is 0.279 e. The van der Waals surface area contributed by atoms with Crippen LogP contribution in [0.2, 0.25) is 0 Å². The molecule has 1 rings (SSSR count). The van der Waals surface area contributed by atoms with E-state index in [2.05, 4.69) is 33.2 Å². The minimum atomic E-state index is -0.0776. The number of carbonyl (C=O) groups excluding carboxylic acids is 2. The van der Waals surface area contributed by atoms with Gasteiger partial charge in [-0.3, -0.25) is 9.59 Å². The number of nitrogens with one attached hydrogen (secondary N) is 3. The molecule has 6 heteroatoms. The second-order valence-electron chi connectivity index (χ2n) is 5.24. The number of amides is 2. The van der Waals surface area contributed by atoms with Gasteiger partial charge < -0.3 is 15.5 Å². The van der Waals surface area contributed by atoms with E-state index in [9.17, 15) is 9.59 Å². The van der Waals surface area contributed by atoms with Crippen molar-refractivity contribution in [1.82, 2.24) is 5.32 Å². The van der Waals surface area contributed by atoms with E-state index in [4.69, 9.17) is 0 Å². The first-order chi connectivity index (χ1) is 9.90. The molecule has 0 bridgehead atoms. The monoisotopic (exact) mass is 404 g/mol. The summed E-state index contributed by atoms with van der Waals surface area (Å²) in [6.45, 7) is 7.14. The Balaban J connectivity index is 2.49. The first kappa shape index (κ1) is 17.9. The van der Waals surface area contributed by atoms with Crippen molar-refractivity contribution in [3.8, 4) is 0 Å². The number of hydrogen-bond acceptors (Lipinski definition) is 2. The number of quaternary nitrogens is 1. The largest absolute Gasteiger partial charge is 0.349 e. The number of hydrogen-bond donors (Lipinski definition) is 3. The molecule has 1 unspecified atom stereocenters. The number of halogens is 1. The molecule has 0 aromatic heterocycles. The average molecular weight is 404 g/mol. The van der Waals surface area contributed by atoms with Gasteiger partial charge in [0.1, 0.15) is 0 Å². The van der Waals surface area contributed by atoms with Crippen LogP contribution in [0.5, 0.6) is 0 Å². The standard InChI is InChI=1S/C15H22IN3O2/c1-4-19(9-14(20)17-11(2)3)10-15(21)18-13-7-5-6-12(16)8-13/h5-8,11H,4,9-10H2,1-3H3,(H,17,20)(H,18,21)/p+1. The predicted octanol–water partition coefficient (Wildman–Crippen LogP) is 0.659. The van der Waals surface area contributed by atoms with Crippen molar-refractivity contribution in [1.29, 1.82) is 0 Å². The third kappa shape index (κ3) is 7.42. The number of rotatable bonds is 7. The summed E-state index contributed by atoms with van der Waals surface area (Å²) in [4.78, 5) is 24.7. The molecular weight excluding hydrogens is 381 g/mol. The molecular formula is C15H23IN3O2+. The Morgan fingerprint density at radius 3 is 2.48 bits per heavy atom. The van der Waals surface area contributed by atoms with Gasteiger partial charge in [0.15, 0.2) is 13.1 Å². The first-order valence-corrected chi connectivity index (χ1v) is 8.17. The molecule has 0 saturated carbocycles. The Morgan fingerprint density at radius 1 is 1.24 bits per heavy atom. The van der Waals surface area contributed by atoms with E-state index in [0.29, 0.717) is 6.54 Å². The minimum absolute atomic E-state index is 0.0242. The van der Waals surface area contributed by atoms with Gasteiger partial charge in [-0.2, -0.15) is 0 Å². The average Bonchev–Trinajstić information content (AvgIpc) is 2.36. The van der Waals surface area contributed by atoms with Gasteiger partial charge in [0, 0.05) is 15.3 Å². The number of likely N-dealkylation sites (N-methyl/N-ethyl adjacent to an activating group) is 1. The zero-order chi connectivity index (χ0) is 15.8. The van der Waals surface area contributed by atoms with E-state index in [1.54, 1.807) is 0 Å². The Hall–Kier alpha value is -1.15. The second-order valence-corrected chi connectivity index (χ2v) is 6.48. The highest BCUT2D eigenvalue weighted by Crippen LogP contribution is 2.11. The summed E-state index contributed by atoms with van der Waals surface area (Å²) in [5, 5.41) is 5.71. The van der Waals surface area contributed by atoms with Crippen LogP contribution in [0.15, 0.2) is 24.3 Å². The van der Waals surface area contributed by atoms with Gasteiger partial charge in [-0.1, -0.05) is 6.07 Å². The Bertz CT molecular complexity index is 492. The highest BCUT2D eigenvalue weighted by Gasteiger charge is 2.17. The molecule has 0 saturated heterocycles. The van der Waals surface area contributed by atoms with Crippen molar-refractivity contribution in [2.45, 2.75) is 26.8 Å². The maximum atomic E-state index is 12.0. The smallest absolute Gasteiger partial charge is 0.279 e. The van der Waals surface area contributed by atoms with Crippen LogP contribution in [0.3, 0.4) is 0 Å². The van der Waals surface area contributed by atoms with Crippen LogP contribution >= 0.6 is 22.6 Å². The van der Waals surface area contributed by atoms with E-state index in [-0.39, 0.29) is 24.4 Å². The SMILES string of the molecule is CC[NH+](CC(=O)Nc1cccc(I)c1)CC(=O)NC(C)C. The van der Waals surface area contributed by atoms with Gasteiger partial charge >= 0.3 is 0 Å². The molecule has 5 nitrogen and oxygen atoms in total. The zero-order valence-corrected chi connectivity index (χ0v) is 14.9. The summed E-state index contributed by atoms with van der Waals surface area (Å²) in [7, 11) is 0. The Kier molecular flexibility index (Phi) is 7.66. The molecule has 1 aromatic carbocycles.